The minimum atomic E-state index is 0.0226. The van der Waals surface area contributed by atoms with Gasteiger partial charge < -0.3 is 10.2 Å². The topological polar surface area (TPSA) is 45.2 Å². The lowest BCUT2D eigenvalue weighted by atomic mass is 10.1. The van der Waals surface area contributed by atoms with Gasteiger partial charge in [-0.3, -0.25) is 4.79 Å². The number of rotatable bonds is 4. The van der Waals surface area contributed by atoms with E-state index in [1.807, 2.05) is 12.1 Å². The van der Waals surface area contributed by atoms with Crippen LogP contribution in [-0.4, -0.2) is 30.0 Å². The maximum atomic E-state index is 12.4. The van der Waals surface area contributed by atoms with Gasteiger partial charge in [0.2, 0.25) is 0 Å². The van der Waals surface area contributed by atoms with Crippen molar-refractivity contribution in [3.63, 3.8) is 0 Å². The second-order valence-electron chi connectivity index (χ2n) is 5.67. The second kappa shape index (κ2) is 5.19. The molecule has 0 radical (unpaired) electrons. The van der Waals surface area contributed by atoms with Gasteiger partial charge in [0.05, 0.1) is 5.56 Å². The molecule has 0 spiro atoms. The van der Waals surface area contributed by atoms with Crippen LogP contribution in [0, 0.1) is 5.92 Å². The lowest BCUT2D eigenvalue weighted by Crippen LogP contribution is -2.35. The van der Waals surface area contributed by atoms with E-state index >= 15 is 0 Å². The SMILES string of the molecule is CC(NC(=O)c1cccnc1N1CCCC1)C1CC1. The molecule has 1 N–H and O–H groups in total. The molecule has 3 rings (SSSR count). The third-order valence-electron chi connectivity index (χ3n) is 4.12. The molecule has 1 unspecified atom stereocenters. The predicted octanol–water partition coefficient (Wildman–Crippen LogP) is 2.21. The first-order chi connectivity index (χ1) is 9.25. The fourth-order valence-corrected chi connectivity index (χ4v) is 2.75. The summed E-state index contributed by atoms with van der Waals surface area (Å²) in [5, 5.41) is 3.12. The Bertz CT molecular complexity index is 464. The minimum Gasteiger partial charge on any atom is -0.356 e. The van der Waals surface area contributed by atoms with Crippen LogP contribution in [-0.2, 0) is 0 Å². The summed E-state index contributed by atoms with van der Waals surface area (Å²) in [5.74, 6) is 1.55. The molecule has 2 aliphatic rings. The van der Waals surface area contributed by atoms with Gasteiger partial charge in [-0.2, -0.15) is 0 Å². The number of hydrogen-bond donors (Lipinski definition) is 1. The van der Waals surface area contributed by atoms with Gasteiger partial charge in [0.15, 0.2) is 0 Å². The number of anilines is 1. The molecule has 4 heteroatoms. The summed E-state index contributed by atoms with van der Waals surface area (Å²) in [4.78, 5) is 19.0. The van der Waals surface area contributed by atoms with Crippen LogP contribution < -0.4 is 10.2 Å². The van der Waals surface area contributed by atoms with Crippen LogP contribution in [0.3, 0.4) is 0 Å². The van der Waals surface area contributed by atoms with Gasteiger partial charge in [0.1, 0.15) is 5.82 Å². The number of amides is 1. The van der Waals surface area contributed by atoms with Crippen molar-refractivity contribution in [3.8, 4) is 0 Å². The van der Waals surface area contributed by atoms with Crippen LogP contribution in [0.2, 0.25) is 0 Å². The molecule has 0 aromatic carbocycles. The highest BCUT2D eigenvalue weighted by molar-refractivity contribution is 5.99. The molecule has 1 aromatic heterocycles. The molecule has 1 aliphatic heterocycles. The van der Waals surface area contributed by atoms with Gasteiger partial charge >= 0.3 is 0 Å². The Hall–Kier alpha value is -1.58. The van der Waals surface area contributed by atoms with Crippen molar-refractivity contribution in [2.24, 2.45) is 5.92 Å². The number of pyridine rings is 1. The van der Waals surface area contributed by atoms with Gasteiger partial charge in [-0.15, -0.1) is 0 Å². The Morgan fingerprint density at radius 2 is 2.16 bits per heavy atom. The van der Waals surface area contributed by atoms with Crippen molar-refractivity contribution in [1.82, 2.24) is 10.3 Å². The van der Waals surface area contributed by atoms with Gasteiger partial charge in [-0.05, 0) is 50.7 Å². The maximum absolute atomic E-state index is 12.4. The van der Waals surface area contributed by atoms with Crippen LogP contribution in [0.15, 0.2) is 18.3 Å². The second-order valence-corrected chi connectivity index (χ2v) is 5.67. The van der Waals surface area contributed by atoms with Gasteiger partial charge in [0.25, 0.3) is 5.91 Å². The summed E-state index contributed by atoms with van der Waals surface area (Å²) in [6.45, 7) is 4.12. The smallest absolute Gasteiger partial charge is 0.255 e. The Labute approximate surface area is 114 Å². The van der Waals surface area contributed by atoms with E-state index in [4.69, 9.17) is 0 Å². The van der Waals surface area contributed by atoms with E-state index in [-0.39, 0.29) is 11.9 Å². The number of carbonyl (C=O) groups excluding carboxylic acids is 1. The zero-order valence-corrected chi connectivity index (χ0v) is 11.4. The van der Waals surface area contributed by atoms with Crippen molar-refractivity contribution in [2.75, 3.05) is 18.0 Å². The zero-order valence-electron chi connectivity index (χ0n) is 11.4. The van der Waals surface area contributed by atoms with Crippen LogP contribution in [0.5, 0.6) is 0 Å². The van der Waals surface area contributed by atoms with Crippen LogP contribution in [0.1, 0.15) is 43.0 Å². The van der Waals surface area contributed by atoms with Gasteiger partial charge in [0, 0.05) is 25.3 Å². The normalized spacial score (nSPS) is 20.4. The lowest BCUT2D eigenvalue weighted by Gasteiger charge is -2.20. The molecule has 1 amide bonds. The van der Waals surface area contributed by atoms with Crippen molar-refractivity contribution >= 4 is 11.7 Å². The largest absolute Gasteiger partial charge is 0.356 e. The zero-order chi connectivity index (χ0) is 13.2. The fourth-order valence-electron chi connectivity index (χ4n) is 2.75. The van der Waals surface area contributed by atoms with E-state index in [2.05, 4.69) is 22.1 Å². The first-order valence-electron chi connectivity index (χ1n) is 7.26. The van der Waals surface area contributed by atoms with Crippen molar-refractivity contribution in [1.29, 1.82) is 0 Å². The van der Waals surface area contributed by atoms with E-state index in [0.29, 0.717) is 5.92 Å². The third kappa shape index (κ3) is 2.72. The predicted molar refractivity (Wildman–Crippen MR) is 75.3 cm³/mol. The molecule has 102 valence electrons. The van der Waals surface area contributed by atoms with Crippen molar-refractivity contribution < 1.29 is 4.79 Å². The standard InChI is InChI=1S/C15H21N3O/c1-11(12-6-7-12)17-15(19)13-5-4-8-16-14(13)18-9-2-3-10-18/h4-5,8,11-12H,2-3,6-7,9-10H2,1H3,(H,17,19). The molecule has 1 saturated carbocycles. The highest BCUT2D eigenvalue weighted by Gasteiger charge is 2.30. The quantitative estimate of drug-likeness (QED) is 0.901. The molecule has 4 nitrogen and oxygen atoms in total. The lowest BCUT2D eigenvalue weighted by molar-refractivity contribution is 0.0936. The van der Waals surface area contributed by atoms with Gasteiger partial charge in [-0.1, -0.05) is 0 Å². The van der Waals surface area contributed by atoms with Crippen LogP contribution in [0.25, 0.3) is 0 Å². The van der Waals surface area contributed by atoms with E-state index in [0.717, 1.165) is 24.5 Å². The van der Waals surface area contributed by atoms with Gasteiger partial charge in [-0.25, -0.2) is 4.98 Å². The molecular weight excluding hydrogens is 238 g/mol. The van der Waals surface area contributed by atoms with E-state index in [9.17, 15) is 4.79 Å². The van der Waals surface area contributed by atoms with Crippen LogP contribution in [0.4, 0.5) is 5.82 Å². The van der Waals surface area contributed by atoms with E-state index in [1.165, 1.54) is 25.7 Å². The molecule has 1 aliphatic carbocycles. The summed E-state index contributed by atoms with van der Waals surface area (Å²) in [5.41, 5.74) is 0.719. The molecule has 19 heavy (non-hydrogen) atoms. The molecule has 2 heterocycles. The highest BCUT2D eigenvalue weighted by atomic mass is 16.1. The van der Waals surface area contributed by atoms with Crippen molar-refractivity contribution in [2.45, 2.75) is 38.6 Å². The molecule has 1 aromatic rings. The first kappa shape index (κ1) is 12.5. The third-order valence-corrected chi connectivity index (χ3v) is 4.12. The highest BCUT2D eigenvalue weighted by Crippen LogP contribution is 2.32. The molecule has 1 atom stereocenters. The molecule has 1 saturated heterocycles. The Kier molecular flexibility index (Phi) is 3.40. The molecule has 2 fully saturated rings. The average Bonchev–Trinajstić information content (AvgIpc) is 3.14. The minimum absolute atomic E-state index is 0.0226. The summed E-state index contributed by atoms with van der Waals surface area (Å²) in [6.07, 6.45) is 6.64. The van der Waals surface area contributed by atoms with E-state index < -0.39 is 0 Å². The number of carbonyl (C=O) groups is 1. The first-order valence-corrected chi connectivity index (χ1v) is 7.26. The number of nitrogens with one attached hydrogen (secondary N) is 1. The molecule has 0 bridgehead atoms. The Morgan fingerprint density at radius 1 is 1.42 bits per heavy atom. The monoisotopic (exact) mass is 259 g/mol. The summed E-state index contributed by atoms with van der Waals surface area (Å²) in [6, 6.07) is 4.01. The van der Waals surface area contributed by atoms with Crippen molar-refractivity contribution in [3.05, 3.63) is 23.9 Å². The number of hydrogen-bond acceptors (Lipinski definition) is 3. The maximum Gasteiger partial charge on any atom is 0.255 e. The van der Waals surface area contributed by atoms with Crippen LogP contribution >= 0.6 is 0 Å². The number of nitrogens with zero attached hydrogens (tertiary/aromatic N) is 2. The summed E-state index contributed by atoms with van der Waals surface area (Å²) in [7, 11) is 0. The molecular formula is C15H21N3O. The Balaban J connectivity index is 1.76. The van der Waals surface area contributed by atoms with E-state index in [1.54, 1.807) is 6.20 Å². The number of aromatic nitrogens is 1. The average molecular weight is 259 g/mol. The summed E-state index contributed by atoms with van der Waals surface area (Å²) < 4.78 is 0. The summed E-state index contributed by atoms with van der Waals surface area (Å²) >= 11 is 0. The fraction of sp³-hybridized carbons (Fsp3) is 0.600. The Morgan fingerprint density at radius 3 is 2.84 bits per heavy atom.